The summed E-state index contributed by atoms with van der Waals surface area (Å²) in [4.78, 5) is 16.1. The van der Waals surface area contributed by atoms with Crippen LogP contribution in [0.1, 0.15) is 17.4 Å². The highest BCUT2D eigenvalue weighted by Gasteiger charge is 2.09. The molecule has 1 aromatic carbocycles. The van der Waals surface area contributed by atoms with Gasteiger partial charge in [-0.15, -0.1) is 0 Å². The Morgan fingerprint density at radius 1 is 1.30 bits per heavy atom. The number of anilines is 2. The number of nitrogens with one attached hydrogen (secondary N) is 2. The van der Waals surface area contributed by atoms with Crippen molar-refractivity contribution in [2.75, 3.05) is 17.2 Å². The summed E-state index contributed by atoms with van der Waals surface area (Å²) in [5.41, 5.74) is 1.62. The Labute approximate surface area is 124 Å². The van der Waals surface area contributed by atoms with E-state index in [1.165, 1.54) is 18.2 Å². The second-order valence-corrected chi connectivity index (χ2v) is 4.90. The van der Waals surface area contributed by atoms with Crippen LogP contribution in [0.2, 0.25) is 0 Å². The van der Waals surface area contributed by atoms with E-state index in [0.717, 1.165) is 12.2 Å². The van der Waals surface area contributed by atoms with Gasteiger partial charge in [0.1, 0.15) is 11.5 Å². The molecule has 4 nitrogen and oxygen atoms in total. The van der Waals surface area contributed by atoms with Gasteiger partial charge < -0.3 is 10.6 Å². The predicted molar refractivity (Wildman–Crippen MR) is 80.5 cm³/mol. The largest absolute Gasteiger partial charge is 0.385 e. The van der Waals surface area contributed by atoms with E-state index < -0.39 is 0 Å². The Bertz CT molecular complexity index is 634. The molecule has 0 radical (unpaired) electrons. The molecular weight excluding hydrogens is 325 g/mol. The van der Waals surface area contributed by atoms with Crippen molar-refractivity contribution in [2.24, 2.45) is 0 Å². The average Bonchev–Trinajstić information content (AvgIpc) is 2.43. The van der Waals surface area contributed by atoms with Crippen molar-refractivity contribution in [3.05, 3.63) is 52.5 Å². The van der Waals surface area contributed by atoms with E-state index in [1.54, 1.807) is 18.3 Å². The van der Waals surface area contributed by atoms with Gasteiger partial charge in [0.2, 0.25) is 0 Å². The number of carbonyl (C=O) groups excluding carboxylic acids is 1. The van der Waals surface area contributed by atoms with Crippen molar-refractivity contribution >= 4 is 33.2 Å². The Morgan fingerprint density at radius 3 is 2.80 bits per heavy atom. The maximum atomic E-state index is 13.1. The van der Waals surface area contributed by atoms with Gasteiger partial charge in [0.25, 0.3) is 5.91 Å². The zero-order chi connectivity index (χ0) is 14.5. The molecular formula is C14H13BrFN3O. The van der Waals surface area contributed by atoms with E-state index >= 15 is 0 Å². The highest BCUT2D eigenvalue weighted by Crippen LogP contribution is 2.20. The molecule has 2 aromatic rings. The van der Waals surface area contributed by atoms with Crippen LogP contribution in [0.5, 0.6) is 0 Å². The van der Waals surface area contributed by atoms with Crippen molar-refractivity contribution < 1.29 is 9.18 Å². The summed E-state index contributed by atoms with van der Waals surface area (Å²) in [5, 5.41) is 5.78. The average molecular weight is 338 g/mol. The van der Waals surface area contributed by atoms with Crippen LogP contribution >= 0.6 is 15.9 Å². The summed E-state index contributed by atoms with van der Waals surface area (Å²) < 4.78 is 13.4. The molecule has 0 saturated heterocycles. The minimum Gasteiger partial charge on any atom is -0.385 e. The van der Waals surface area contributed by atoms with E-state index in [9.17, 15) is 9.18 Å². The van der Waals surface area contributed by atoms with Crippen LogP contribution < -0.4 is 10.6 Å². The van der Waals surface area contributed by atoms with Gasteiger partial charge >= 0.3 is 0 Å². The smallest absolute Gasteiger partial charge is 0.274 e. The van der Waals surface area contributed by atoms with Gasteiger partial charge in [-0.3, -0.25) is 9.78 Å². The summed E-state index contributed by atoms with van der Waals surface area (Å²) in [5.74, 6) is -0.724. The monoisotopic (exact) mass is 337 g/mol. The Kier molecular flexibility index (Phi) is 4.68. The molecule has 0 aliphatic rings. The van der Waals surface area contributed by atoms with Crippen LogP contribution in [-0.4, -0.2) is 17.4 Å². The first-order chi connectivity index (χ1) is 9.60. The van der Waals surface area contributed by atoms with Crippen LogP contribution in [0, 0.1) is 5.82 Å². The van der Waals surface area contributed by atoms with Crippen LogP contribution in [-0.2, 0) is 0 Å². The number of hydrogen-bond acceptors (Lipinski definition) is 3. The standard InChI is InChI=1S/C14H13BrFN3O/c1-2-17-9-5-6-18-13(8-9)14(20)19-10-3-4-12(16)11(15)7-10/h3-8H,2H2,1H3,(H,17,18)(H,19,20). The SMILES string of the molecule is CCNc1ccnc(C(=O)Nc2ccc(F)c(Br)c2)c1. The molecule has 2 rings (SSSR count). The lowest BCUT2D eigenvalue weighted by molar-refractivity contribution is 0.102. The van der Waals surface area contributed by atoms with Crippen molar-refractivity contribution in [3.63, 3.8) is 0 Å². The van der Waals surface area contributed by atoms with Gasteiger partial charge in [-0.05, 0) is 53.2 Å². The third-order valence-electron chi connectivity index (χ3n) is 2.55. The first kappa shape index (κ1) is 14.5. The van der Waals surface area contributed by atoms with E-state index in [1.807, 2.05) is 6.92 Å². The molecule has 0 spiro atoms. The molecule has 0 aliphatic heterocycles. The van der Waals surface area contributed by atoms with Gasteiger partial charge in [0, 0.05) is 24.1 Å². The quantitative estimate of drug-likeness (QED) is 0.894. The van der Waals surface area contributed by atoms with Crippen LogP contribution in [0.15, 0.2) is 41.0 Å². The zero-order valence-electron chi connectivity index (χ0n) is 10.8. The molecule has 1 aromatic heterocycles. The third-order valence-corrected chi connectivity index (χ3v) is 3.16. The number of nitrogens with zero attached hydrogens (tertiary/aromatic N) is 1. The van der Waals surface area contributed by atoms with E-state index in [-0.39, 0.29) is 11.7 Å². The maximum Gasteiger partial charge on any atom is 0.274 e. The molecule has 0 aliphatic carbocycles. The summed E-state index contributed by atoms with van der Waals surface area (Å²) in [7, 11) is 0. The molecule has 6 heteroatoms. The predicted octanol–water partition coefficient (Wildman–Crippen LogP) is 3.67. The minimum atomic E-state index is -0.379. The number of hydrogen-bond donors (Lipinski definition) is 2. The van der Waals surface area contributed by atoms with E-state index in [0.29, 0.717) is 15.9 Å². The number of halogens is 2. The van der Waals surface area contributed by atoms with Crippen LogP contribution in [0.3, 0.4) is 0 Å². The normalized spacial score (nSPS) is 10.2. The number of rotatable bonds is 4. The fourth-order valence-electron chi connectivity index (χ4n) is 1.64. The second kappa shape index (κ2) is 6.47. The van der Waals surface area contributed by atoms with Crippen LogP contribution in [0.25, 0.3) is 0 Å². The Hall–Kier alpha value is -1.95. The number of pyridine rings is 1. The summed E-state index contributed by atoms with van der Waals surface area (Å²) in [6.07, 6.45) is 1.56. The Morgan fingerprint density at radius 2 is 2.10 bits per heavy atom. The molecule has 20 heavy (non-hydrogen) atoms. The summed E-state index contributed by atoms with van der Waals surface area (Å²) in [6.45, 7) is 2.73. The lowest BCUT2D eigenvalue weighted by atomic mass is 10.2. The van der Waals surface area contributed by atoms with Gasteiger partial charge in [-0.2, -0.15) is 0 Å². The summed E-state index contributed by atoms with van der Waals surface area (Å²) >= 11 is 3.07. The molecule has 0 saturated carbocycles. The molecule has 2 N–H and O–H groups in total. The number of amides is 1. The topological polar surface area (TPSA) is 54.0 Å². The van der Waals surface area contributed by atoms with Crippen molar-refractivity contribution in [1.29, 1.82) is 0 Å². The van der Waals surface area contributed by atoms with Gasteiger partial charge in [0.15, 0.2) is 0 Å². The van der Waals surface area contributed by atoms with Gasteiger partial charge in [-0.25, -0.2) is 4.39 Å². The number of benzene rings is 1. The first-order valence-electron chi connectivity index (χ1n) is 6.06. The molecule has 0 fully saturated rings. The number of aromatic nitrogens is 1. The maximum absolute atomic E-state index is 13.1. The minimum absolute atomic E-state index is 0.295. The summed E-state index contributed by atoms with van der Waals surface area (Å²) in [6, 6.07) is 7.72. The van der Waals surface area contributed by atoms with Gasteiger partial charge in [-0.1, -0.05) is 0 Å². The molecule has 0 atom stereocenters. The highest BCUT2D eigenvalue weighted by molar-refractivity contribution is 9.10. The van der Waals surface area contributed by atoms with E-state index in [2.05, 4.69) is 31.5 Å². The second-order valence-electron chi connectivity index (χ2n) is 4.04. The Balaban J connectivity index is 2.15. The first-order valence-corrected chi connectivity index (χ1v) is 6.85. The van der Waals surface area contributed by atoms with Crippen LogP contribution in [0.4, 0.5) is 15.8 Å². The van der Waals surface area contributed by atoms with Crippen molar-refractivity contribution in [1.82, 2.24) is 4.98 Å². The number of carbonyl (C=O) groups is 1. The lowest BCUT2D eigenvalue weighted by Gasteiger charge is -2.07. The fourth-order valence-corrected chi connectivity index (χ4v) is 2.02. The lowest BCUT2D eigenvalue weighted by Crippen LogP contribution is -2.14. The molecule has 1 heterocycles. The highest BCUT2D eigenvalue weighted by atomic mass is 79.9. The van der Waals surface area contributed by atoms with Crippen molar-refractivity contribution in [2.45, 2.75) is 6.92 Å². The van der Waals surface area contributed by atoms with E-state index in [4.69, 9.17) is 0 Å². The molecule has 104 valence electrons. The molecule has 1 amide bonds. The molecule has 0 unspecified atom stereocenters. The zero-order valence-corrected chi connectivity index (χ0v) is 12.4. The molecule has 0 bridgehead atoms. The fraction of sp³-hybridized carbons (Fsp3) is 0.143. The van der Waals surface area contributed by atoms with Gasteiger partial charge in [0.05, 0.1) is 4.47 Å². The third kappa shape index (κ3) is 3.54. The van der Waals surface area contributed by atoms with Crippen molar-refractivity contribution in [3.8, 4) is 0 Å².